The van der Waals surface area contributed by atoms with Gasteiger partial charge in [0.15, 0.2) is 0 Å². The predicted octanol–water partition coefficient (Wildman–Crippen LogP) is 1.74. The zero-order valence-electron chi connectivity index (χ0n) is 8.58. The first-order valence-electron chi connectivity index (χ1n) is 5.12. The van der Waals surface area contributed by atoms with Crippen molar-refractivity contribution in [2.24, 2.45) is 5.73 Å². The largest absolute Gasteiger partial charge is 0.378 e. The third kappa shape index (κ3) is 2.51. The van der Waals surface area contributed by atoms with Crippen LogP contribution in [0.4, 0.5) is 5.69 Å². The van der Waals surface area contributed by atoms with Gasteiger partial charge in [-0.25, -0.2) is 0 Å². The van der Waals surface area contributed by atoms with E-state index in [0.717, 1.165) is 30.8 Å². The van der Waals surface area contributed by atoms with Crippen LogP contribution in [-0.4, -0.2) is 26.3 Å². The average Bonchev–Trinajstić information content (AvgIpc) is 2.30. The van der Waals surface area contributed by atoms with E-state index in [1.165, 1.54) is 11.3 Å². The molecule has 1 heterocycles. The highest BCUT2D eigenvalue weighted by Gasteiger charge is 2.13. The summed E-state index contributed by atoms with van der Waals surface area (Å²) in [6.07, 6.45) is 0. The van der Waals surface area contributed by atoms with Crippen molar-refractivity contribution in [2.75, 3.05) is 31.2 Å². The summed E-state index contributed by atoms with van der Waals surface area (Å²) in [5.74, 6) is 0. The second kappa shape index (κ2) is 4.96. The van der Waals surface area contributed by atoms with Crippen molar-refractivity contribution in [3.8, 4) is 0 Å². The second-order valence-corrected chi connectivity index (χ2v) is 4.49. The maximum Gasteiger partial charge on any atom is 0.0642 e. The summed E-state index contributed by atoms with van der Waals surface area (Å²) in [6, 6.07) is 6.27. The molecule has 2 rings (SSSR count). The van der Waals surface area contributed by atoms with Crippen molar-refractivity contribution in [1.29, 1.82) is 0 Å². The van der Waals surface area contributed by atoms with E-state index >= 15 is 0 Å². The molecule has 1 aromatic rings. The van der Waals surface area contributed by atoms with E-state index in [0.29, 0.717) is 6.54 Å². The van der Waals surface area contributed by atoms with Crippen LogP contribution in [0.25, 0.3) is 0 Å². The van der Waals surface area contributed by atoms with Crippen molar-refractivity contribution < 1.29 is 4.74 Å². The van der Waals surface area contributed by atoms with E-state index < -0.39 is 0 Å². The van der Waals surface area contributed by atoms with Gasteiger partial charge >= 0.3 is 0 Å². The van der Waals surface area contributed by atoms with Gasteiger partial charge in [-0.3, -0.25) is 0 Å². The average molecular weight is 271 g/mol. The van der Waals surface area contributed by atoms with Crippen LogP contribution in [0.1, 0.15) is 5.56 Å². The molecule has 1 aliphatic heterocycles. The third-order valence-corrected chi connectivity index (χ3v) is 3.11. The van der Waals surface area contributed by atoms with Crippen LogP contribution in [0.2, 0.25) is 0 Å². The number of nitrogens with two attached hydrogens (primary N) is 1. The molecule has 1 aliphatic rings. The Morgan fingerprint density at radius 2 is 2.07 bits per heavy atom. The number of ether oxygens (including phenoxy) is 1. The van der Waals surface area contributed by atoms with E-state index in [1.807, 2.05) is 0 Å². The van der Waals surface area contributed by atoms with Crippen LogP contribution in [-0.2, 0) is 11.3 Å². The Bertz CT molecular complexity index is 337. The summed E-state index contributed by atoms with van der Waals surface area (Å²) < 4.78 is 6.42. The fourth-order valence-corrected chi connectivity index (χ4v) is 2.24. The monoisotopic (exact) mass is 270 g/mol. The van der Waals surface area contributed by atoms with Crippen molar-refractivity contribution >= 4 is 21.6 Å². The Kier molecular flexibility index (Phi) is 3.61. The summed E-state index contributed by atoms with van der Waals surface area (Å²) in [5.41, 5.74) is 8.17. The van der Waals surface area contributed by atoms with Crippen LogP contribution in [0.3, 0.4) is 0 Å². The van der Waals surface area contributed by atoms with Gasteiger partial charge in [0.1, 0.15) is 0 Å². The molecule has 0 amide bonds. The zero-order chi connectivity index (χ0) is 10.7. The van der Waals surface area contributed by atoms with Gasteiger partial charge in [0.05, 0.1) is 13.2 Å². The van der Waals surface area contributed by atoms with Gasteiger partial charge < -0.3 is 15.4 Å². The smallest absolute Gasteiger partial charge is 0.0642 e. The number of rotatable bonds is 2. The first-order chi connectivity index (χ1) is 7.31. The van der Waals surface area contributed by atoms with Gasteiger partial charge in [-0.15, -0.1) is 0 Å². The number of hydrogen-bond acceptors (Lipinski definition) is 3. The molecule has 0 aliphatic carbocycles. The first-order valence-corrected chi connectivity index (χ1v) is 5.92. The Morgan fingerprint density at radius 3 is 2.73 bits per heavy atom. The quantitative estimate of drug-likeness (QED) is 0.890. The fourth-order valence-electron chi connectivity index (χ4n) is 1.83. The van der Waals surface area contributed by atoms with E-state index in [4.69, 9.17) is 10.5 Å². The summed E-state index contributed by atoms with van der Waals surface area (Å²) in [5, 5.41) is 0. The molecule has 1 saturated heterocycles. The molecule has 0 radical (unpaired) electrons. The molecule has 82 valence electrons. The molecule has 3 nitrogen and oxygen atoms in total. The topological polar surface area (TPSA) is 38.5 Å². The fraction of sp³-hybridized carbons (Fsp3) is 0.455. The van der Waals surface area contributed by atoms with Crippen molar-refractivity contribution in [3.63, 3.8) is 0 Å². The molecule has 1 aromatic carbocycles. The van der Waals surface area contributed by atoms with E-state index in [1.54, 1.807) is 0 Å². The Morgan fingerprint density at radius 1 is 1.33 bits per heavy atom. The number of benzene rings is 1. The van der Waals surface area contributed by atoms with Crippen molar-refractivity contribution in [1.82, 2.24) is 0 Å². The molecule has 0 bridgehead atoms. The van der Waals surface area contributed by atoms with Crippen LogP contribution in [0.5, 0.6) is 0 Å². The van der Waals surface area contributed by atoms with Gasteiger partial charge in [-0.2, -0.15) is 0 Å². The number of anilines is 1. The van der Waals surface area contributed by atoms with Crippen molar-refractivity contribution in [3.05, 3.63) is 28.2 Å². The lowest BCUT2D eigenvalue weighted by molar-refractivity contribution is 0.122. The molecule has 2 N–H and O–H groups in total. The maximum absolute atomic E-state index is 5.75. The summed E-state index contributed by atoms with van der Waals surface area (Å²) in [4.78, 5) is 2.33. The number of hydrogen-bond donors (Lipinski definition) is 1. The molecule has 15 heavy (non-hydrogen) atoms. The maximum atomic E-state index is 5.75. The van der Waals surface area contributed by atoms with E-state index in [9.17, 15) is 0 Å². The van der Waals surface area contributed by atoms with Gasteiger partial charge in [0.2, 0.25) is 0 Å². The minimum absolute atomic E-state index is 0.576. The summed E-state index contributed by atoms with van der Waals surface area (Å²) in [7, 11) is 0. The highest BCUT2D eigenvalue weighted by atomic mass is 79.9. The van der Waals surface area contributed by atoms with Crippen LogP contribution < -0.4 is 10.6 Å². The highest BCUT2D eigenvalue weighted by Crippen LogP contribution is 2.24. The van der Waals surface area contributed by atoms with Gasteiger partial charge in [0.25, 0.3) is 0 Å². The molecule has 0 unspecified atom stereocenters. The van der Waals surface area contributed by atoms with Gasteiger partial charge in [0, 0.05) is 29.8 Å². The Labute approximate surface area is 98.3 Å². The van der Waals surface area contributed by atoms with Crippen molar-refractivity contribution in [2.45, 2.75) is 6.54 Å². The summed E-state index contributed by atoms with van der Waals surface area (Å²) >= 11 is 3.46. The number of halogens is 1. The molecular formula is C11H15BrN2O. The molecule has 0 aromatic heterocycles. The SMILES string of the molecule is NCc1cc(Br)ccc1N1CCOCC1. The van der Waals surface area contributed by atoms with E-state index in [-0.39, 0.29) is 0 Å². The molecule has 0 atom stereocenters. The molecular weight excluding hydrogens is 256 g/mol. The molecule has 1 fully saturated rings. The predicted molar refractivity (Wildman–Crippen MR) is 65.1 cm³/mol. The number of nitrogens with zero attached hydrogens (tertiary/aromatic N) is 1. The normalized spacial score (nSPS) is 16.8. The summed E-state index contributed by atoms with van der Waals surface area (Å²) in [6.45, 7) is 4.09. The van der Waals surface area contributed by atoms with Crippen LogP contribution >= 0.6 is 15.9 Å². The minimum atomic E-state index is 0.576. The van der Waals surface area contributed by atoms with Gasteiger partial charge in [-0.05, 0) is 23.8 Å². The lowest BCUT2D eigenvalue weighted by Gasteiger charge is -2.30. The molecule has 0 spiro atoms. The highest BCUT2D eigenvalue weighted by molar-refractivity contribution is 9.10. The molecule has 0 saturated carbocycles. The third-order valence-electron chi connectivity index (χ3n) is 2.61. The zero-order valence-corrected chi connectivity index (χ0v) is 10.2. The first kappa shape index (κ1) is 10.9. The Balaban J connectivity index is 2.25. The second-order valence-electron chi connectivity index (χ2n) is 3.58. The van der Waals surface area contributed by atoms with Crippen LogP contribution in [0.15, 0.2) is 22.7 Å². The Hall–Kier alpha value is -0.580. The lowest BCUT2D eigenvalue weighted by atomic mass is 10.1. The van der Waals surface area contributed by atoms with Gasteiger partial charge in [-0.1, -0.05) is 15.9 Å². The standard InChI is InChI=1S/C11H15BrN2O/c12-10-1-2-11(9(7-10)8-13)14-3-5-15-6-4-14/h1-2,7H,3-6,8,13H2. The molecule has 4 heteroatoms. The number of morpholine rings is 1. The van der Waals surface area contributed by atoms with E-state index in [2.05, 4.69) is 39.0 Å². The minimum Gasteiger partial charge on any atom is -0.378 e. The van der Waals surface area contributed by atoms with Crippen LogP contribution in [0, 0.1) is 0 Å². The lowest BCUT2D eigenvalue weighted by Crippen LogP contribution is -2.36.